The van der Waals surface area contributed by atoms with Crippen LogP contribution >= 0.6 is 0 Å². The lowest BCUT2D eigenvalue weighted by atomic mass is 9.80. The number of aryl methyl sites for hydroxylation is 1. The molecule has 1 aliphatic carbocycles. The van der Waals surface area contributed by atoms with E-state index in [-0.39, 0.29) is 11.9 Å². The third-order valence-corrected chi connectivity index (χ3v) is 6.68. The molecule has 1 saturated carbocycles. The third-order valence-electron chi connectivity index (χ3n) is 6.68. The molecule has 0 spiro atoms. The number of methoxy groups -OCH3 is 1. The van der Waals surface area contributed by atoms with Gasteiger partial charge < -0.3 is 19.9 Å². The van der Waals surface area contributed by atoms with Crippen LogP contribution in [0.1, 0.15) is 37.7 Å². The standard InChI is InChI=1S/C23H29NO5/c1-28-17-10-6-15(7-11-17)3-2-14-4-8-16(9-5-14)24-22(25)20-18-12-13-19(29-18)21(20)23(26)27/h6-7,10-14,16,18-21H,2-5,8-9H2,1H3,(H,24,25)(H,26,27)/t14?,16?,18-,19+,20?,21?/m0/s1. The summed E-state index contributed by atoms with van der Waals surface area (Å²) in [5, 5.41) is 12.6. The highest BCUT2D eigenvalue weighted by atomic mass is 16.5. The molecule has 1 aromatic carbocycles. The number of amides is 1. The highest BCUT2D eigenvalue weighted by Crippen LogP contribution is 2.39. The molecule has 2 unspecified atom stereocenters. The SMILES string of the molecule is COc1ccc(CCC2CCC(NC(=O)C3C(C(=O)O)[C@H]4C=C[C@@H]3O4)CC2)cc1. The van der Waals surface area contributed by atoms with Crippen molar-refractivity contribution in [1.82, 2.24) is 5.32 Å². The first-order chi connectivity index (χ1) is 14.0. The zero-order chi connectivity index (χ0) is 20.4. The average Bonchev–Trinajstić information content (AvgIpc) is 3.35. The number of ether oxygens (including phenoxy) is 2. The van der Waals surface area contributed by atoms with E-state index >= 15 is 0 Å². The van der Waals surface area contributed by atoms with Gasteiger partial charge in [0.2, 0.25) is 5.91 Å². The fourth-order valence-corrected chi connectivity index (χ4v) is 4.97. The molecular weight excluding hydrogens is 370 g/mol. The maximum Gasteiger partial charge on any atom is 0.310 e. The summed E-state index contributed by atoms with van der Waals surface area (Å²) in [7, 11) is 1.68. The molecule has 4 atom stereocenters. The van der Waals surface area contributed by atoms with E-state index in [4.69, 9.17) is 9.47 Å². The van der Waals surface area contributed by atoms with Gasteiger partial charge in [-0.05, 0) is 62.1 Å². The van der Waals surface area contributed by atoms with Gasteiger partial charge in [-0.2, -0.15) is 0 Å². The zero-order valence-corrected chi connectivity index (χ0v) is 16.8. The minimum atomic E-state index is -0.954. The molecule has 0 aromatic heterocycles. The van der Waals surface area contributed by atoms with Crippen LogP contribution in [0, 0.1) is 17.8 Å². The number of carboxylic acids is 1. The van der Waals surface area contributed by atoms with Crippen LogP contribution in [0.4, 0.5) is 0 Å². The number of hydrogen-bond donors (Lipinski definition) is 2. The summed E-state index contributed by atoms with van der Waals surface area (Å²) in [6.07, 6.45) is 9.02. The van der Waals surface area contributed by atoms with Crippen molar-refractivity contribution < 1.29 is 24.2 Å². The van der Waals surface area contributed by atoms with Crippen molar-refractivity contribution in [2.45, 2.75) is 56.8 Å². The maximum atomic E-state index is 12.8. The fourth-order valence-electron chi connectivity index (χ4n) is 4.97. The van der Waals surface area contributed by atoms with Gasteiger partial charge in [0.1, 0.15) is 11.7 Å². The monoisotopic (exact) mass is 399 g/mol. The Morgan fingerprint density at radius 3 is 2.34 bits per heavy atom. The predicted molar refractivity (Wildman–Crippen MR) is 108 cm³/mol. The second-order valence-electron chi connectivity index (χ2n) is 8.45. The topological polar surface area (TPSA) is 84.9 Å². The van der Waals surface area contributed by atoms with Crippen LogP contribution in [0.5, 0.6) is 5.75 Å². The van der Waals surface area contributed by atoms with Gasteiger partial charge in [0.15, 0.2) is 0 Å². The van der Waals surface area contributed by atoms with Crippen LogP contribution in [-0.2, 0) is 20.7 Å². The van der Waals surface area contributed by atoms with E-state index in [0.717, 1.165) is 44.3 Å². The van der Waals surface area contributed by atoms with Gasteiger partial charge in [-0.25, -0.2) is 0 Å². The number of carbonyl (C=O) groups is 2. The van der Waals surface area contributed by atoms with Crippen molar-refractivity contribution in [2.24, 2.45) is 17.8 Å². The normalized spacial score (nSPS) is 32.9. The molecule has 0 radical (unpaired) electrons. The minimum Gasteiger partial charge on any atom is -0.497 e. The molecule has 4 rings (SSSR count). The lowest BCUT2D eigenvalue weighted by molar-refractivity contribution is -0.146. The number of nitrogens with one attached hydrogen (secondary N) is 1. The van der Waals surface area contributed by atoms with Crippen molar-refractivity contribution in [2.75, 3.05) is 7.11 Å². The van der Waals surface area contributed by atoms with Crippen molar-refractivity contribution >= 4 is 11.9 Å². The van der Waals surface area contributed by atoms with Crippen LogP contribution in [0.15, 0.2) is 36.4 Å². The van der Waals surface area contributed by atoms with E-state index in [0.29, 0.717) is 5.92 Å². The summed E-state index contributed by atoms with van der Waals surface area (Å²) in [4.78, 5) is 24.3. The van der Waals surface area contributed by atoms with Crippen molar-refractivity contribution in [3.05, 3.63) is 42.0 Å². The lowest BCUT2D eigenvalue weighted by Crippen LogP contribution is -2.47. The number of aliphatic carboxylic acids is 1. The minimum absolute atomic E-state index is 0.136. The number of hydrogen-bond acceptors (Lipinski definition) is 4. The van der Waals surface area contributed by atoms with Gasteiger partial charge >= 0.3 is 5.97 Å². The van der Waals surface area contributed by atoms with Crippen LogP contribution in [0.25, 0.3) is 0 Å². The molecule has 6 heteroatoms. The molecule has 29 heavy (non-hydrogen) atoms. The van der Waals surface area contributed by atoms with Crippen LogP contribution in [0.3, 0.4) is 0 Å². The van der Waals surface area contributed by atoms with Crippen LogP contribution < -0.4 is 10.1 Å². The van der Waals surface area contributed by atoms with Crippen molar-refractivity contribution in [1.29, 1.82) is 0 Å². The van der Waals surface area contributed by atoms with E-state index < -0.39 is 30.0 Å². The Kier molecular flexibility index (Phi) is 5.90. The Morgan fingerprint density at radius 1 is 1.07 bits per heavy atom. The average molecular weight is 399 g/mol. The molecule has 2 fully saturated rings. The van der Waals surface area contributed by atoms with E-state index in [9.17, 15) is 14.7 Å². The maximum absolute atomic E-state index is 12.8. The summed E-state index contributed by atoms with van der Waals surface area (Å²) in [6, 6.07) is 8.38. The number of carbonyl (C=O) groups excluding carboxylic acids is 1. The molecule has 3 aliphatic rings. The predicted octanol–water partition coefficient (Wildman–Crippen LogP) is 2.96. The van der Waals surface area contributed by atoms with Crippen LogP contribution in [0.2, 0.25) is 0 Å². The van der Waals surface area contributed by atoms with Gasteiger partial charge in [-0.15, -0.1) is 0 Å². The molecular formula is C23H29NO5. The summed E-state index contributed by atoms with van der Waals surface area (Å²) >= 11 is 0. The summed E-state index contributed by atoms with van der Waals surface area (Å²) in [5.74, 6) is -0.960. The Bertz CT molecular complexity index is 766. The molecule has 6 nitrogen and oxygen atoms in total. The molecule has 156 valence electrons. The molecule has 2 bridgehead atoms. The second kappa shape index (κ2) is 8.57. The van der Waals surface area contributed by atoms with E-state index in [1.165, 1.54) is 5.56 Å². The number of fused-ring (bicyclic) bond motifs is 2. The second-order valence-corrected chi connectivity index (χ2v) is 8.45. The highest BCUT2D eigenvalue weighted by Gasteiger charge is 2.53. The first-order valence-electron chi connectivity index (χ1n) is 10.5. The molecule has 2 heterocycles. The van der Waals surface area contributed by atoms with E-state index in [1.54, 1.807) is 13.2 Å². The lowest BCUT2D eigenvalue weighted by Gasteiger charge is -2.31. The first kappa shape index (κ1) is 20.0. The van der Waals surface area contributed by atoms with Gasteiger partial charge in [-0.3, -0.25) is 9.59 Å². The molecule has 1 saturated heterocycles. The van der Waals surface area contributed by atoms with Crippen molar-refractivity contribution in [3.8, 4) is 5.75 Å². The quantitative estimate of drug-likeness (QED) is 0.689. The smallest absolute Gasteiger partial charge is 0.310 e. The largest absolute Gasteiger partial charge is 0.497 e. The van der Waals surface area contributed by atoms with Gasteiger partial charge in [0, 0.05) is 6.04 Å². The van der Waals surface area contributed by atoms with E-state index in [2.05, 4.69) is 17.4 Å². The first-order valence-corrected chi connectivity index (χ1v) is 10.5. The third kappa shape index (κ3) is 4.32. The van der Waals surface area contributed by atoms with Gasteiger partial charge in [0.05, 0.1) is 25.2 Å². The van der Waals surface area contributed by atoms with Gasteiger partial charge in [0.25, 0.3) is 0 Å². The summed E-state index contributed by atoms with van der Waals surface area (Å²) in [6.45, 7) is 0. The Hall–Kier alpha value is -2.34. The number of benzene rings is 1. The Balaban J connectivity index is 1.23. The molecule has 2 N–H and O–H groups in total. The summed E-state index contributed by atoms with van der Waals surface area (Å²) < 4.78 is 10.8. The van der Waals surface area contributed by atoms with Gasteiger partial charge in [-0.1, -0.05) is 24.3 Å². The molecule has 2 aliphatic heterocycles. The zero-order valence-electron chi connectivity index (χ0n) is 16.8. The fraction of sp³-hybridized carbons (Fsp3) is 0.565. The van der Waals surface area contributed by atoms with E-state index in [1.807, 2.05) is 18.2 Å². The molecule has 1 aromatic rings. The highest BCUT2D eigenvalue weighted by molar-refractivity contribution is 5.87. The Labute approximate surface area is 171 Å². The Morgan fingerprint density at radius 2 is 1.72 bits per heavy atom. The summed E-state index contributed by atoms with van der Waals surface area (Å²) in [5.41, 5.74) is 1.32. The van der Waals surface area contributed by atoms with Crippen LogP contribution in [-0.4, -0.2) is 42.3 Å². The van der Waals surface area contributed by atoms with Crippen molar-refractivity contribution in [3.63, 3.8) is 0 Å². The number of rotatable bonds is 7. The molecule has 1 amide bonds. The number of carboxylic acid groups (broad SMARTS) is 1.